The Morgan fingerprint density at radius 2 is 0.500 bits per heavy atom. The first-order valence-corrected chi connectivity index (χ1v) is 43.7. The number of thioether (sulfide) groups is 1. The number of unbranched alkanes of at least 4 members (excludes halogenated alkanes) is 36. The summed E-state index contributed by atoms with van der Waals surface area (Å²) in [5, 5.41) is 0.0888. The second kappa shape index (κ2) is 51.3. The maximum atomic E-state index is 11.7. The summed E-state index contributed by atoms with van der Waals surface area (Å²) >= 11 is 1.26. The Kier molecular flexibility index (Phi) is 43.2. The molecule has 0 bridgehead atoms. The molecule has 0 radical (unpaired) electrons. The van der Waals surface area contributed by atoms with Gasteiger partial charge < -0.3 is 0 Å². The van der Waals surface area contributed by atoms with Crippen molar-refractivity contribution in [2.24, 2.45) is 0 Å². The summed E-state index contributed by atoms with van der Waals surface area (Å²) in [5.41, 5.74) is 18.6. The first kappa shape index (κ1) is 80.8. The van der Waals surface area contributed by atoms with Crippen molar-refractivity contribution in [3.05, 3.63) is 169 Å². The molecule has 5 aromatic carbocycles. The molecule has 0 atom stereocenters. The van der Waals surface area contributed by atoms with Gasteiger partial charge in [-0.15, -0.1) is 5.54 Å². The van der Waals surface area contributed by atoms with E-state index >= 15 is 0 Å². The fourth-order valence-electron chi connectivity index (χ4n) is 12.8. The maximum absolute atomic E-state index is 11.7. The Bertz CT molecular complexity index is 3310. The minimum atomic E-state index is -1.54. The van der Waals surface area contributed by atoms with E-state index in [9.17, 15) is 4.79 Å². The van der Waals surface area contributed by atoms with Crippen molar-refractivity contribution in [2.75, 3.05) is 0 Å². The highest BCUT2D eigenvalue weighted by atomic mass is 32.2. The lowest BCUT2D eigenvalue weighted by Gasteiger charge is -2.09. The highest BCUT2D eigenvalue weighted by molar-refractivity contribution is 8.13. The smallest absolute Gasteiger partial charge is 0.190 e. The van der Waals surface area contributed by atoms with Crippen molar-refractivity contribution in [1.29, 1.82) is 0 Å². The van der Waals surface area contributed by atoms with Gasteiger partial charge in [0.25, 0.3) is 0 Å². The van der Waals surface area contributed by atoms with Crippen LogP contribution in [0.5, 0.6) is 0 Å². The van der Waals surface area contributed by atoms with Crippen molar-refractivity contribution in [3.8, 4) is 58.8 Å². The van der Waals surface area contributed by atoms with Gasteiger partial charge in [0, 0.05) is 61.9 Å². The van der Waals surface area contributed by atoms with Crippen LogP contribution in [-0.2, 0) is 30.5 Å². The molecule has 0 amide bonds. The Balaban J connectivity index is 1.43. The summed E-state index contributed by atoms with van der Waals surface area (Å²) in [6, 6.07) is 35.0. The van der Waals surface area contributed by atoms with E-state index in [0.717, 1.165) is 87.9 Å². The number of carbonyl (C=O) groups excluding carboxylic acids is 1. The van der Waals surface area contributed by atoms with Crippen LogP contribution in [0.4, 0.5) is 0 Å². The van der Waals surface area contributed by atoms with E-state index in [4.69, 9.17) is 0 Å². The van der Waals surface area contributed by atoms with Crippen LogP contribution in [-0.4, -0.2) is 13.2 Å². The summed E-state index contributed by atoms with van der Waals surface area (Å²) in [5.74, 6) is 32.6. The Hall–Kier alpha value is -5.86. The average Bonchev–Trinajstić information content (AvgIpc) is 0.898. The van der Waals surface area contributed by atoms with Gasteiger partial charge in [0.1, 0.15) is 8.07 Å². The second-order valence-electron chi connectivity index (χ2n) is 28.8. The van der Waals surface area contributed by atoms with E-state index in [-0.39, 0.29) is 5.12 Å². The van der Waals surface area contributed by atoms with Gasteiger partial charge in [-0.05, 0) is 171 Å². The van der Waals surface area contributed by atoms with Gasteiger partial charge >= 0.3 is 0 Å². The number of aryl methyl sites for hydroxylation is 4. The van der Waals surface area contributed by atoms with Gasteiger partial charge in [0.2, 0.25) is 0 Å². The molecule has 96 heavy (non-hydrogen) atoms. The summed E-state index contributed by atoms with van der Waals surface area (Å²) in [7, 11) is -1.54. The van der Waals surface area contributed by atoms with Gasteiger partial charge in [-0.3, -0.25) is 4.79 Å². The van der Waals surface area contributed by atoms with Crippen molar-refractivity contribution in [2.45, 2.75) is 342 Å². The molecule has 0 heterocycles. The lowest BCUT2D eigenvalue weighted by molar-refractivity contribution is -0.109. The zero-order chi connectivity index (χ0) is 68.4. The molecule has 0 saturated heterocycles. The van der Waals surface area contributed by atoms with Crippen molar-refractivity contribution in [3.63, 3.8) is 0 Å². The fraction of sp³-hybridized carbons (Fsp3) is 0.559. The highest BCUT2D eigenvalue weighted by Gasteiger charge is 2.11. The molecule has 1 nitrogen and oxygen atoms in total. The van der Waals surface area contributed by atoms with E-state index < -0.39 is 8.07 Å². The van der Waals surface area contributed by atoms with Crippen LogP contribution in [0.1, 0.15) is 364 Å². The van der Waals surface area contributed by atoms with Gasteiger partial charge in [0.15, 0.2) is 5.12 Å². The average molecular weight is 1320 g/mol. The molecular formula is C93H128OSSi. The first-order chi connectivity index (χ1) is 47.0. The van der Waals surface area contributed by atoms with Crippen molar-refractivity contribution >= 4 is 25.0 Å². The van der Waals surface area contributed by atoms with Crippen LogP contribution in [0.15, 0.2) is 102 Å². The van der Waals surface area contributed by atoms with Crippen molar-refractivity contribution in [1.82, 2.24) is 0 Å². The zero-order valence-corrected chi connectivity index (χ0v) is 64.0. The minimum Gasteiger partial charge on any atom is -0.287 e. The van der Waals surface area contributed by atoms with E-state index in [2.05, 4.69) is 179 Å². The summed E-state index contributed by atoms with van der Waals surface area (Å²) in [6.07, 6.45) is 57.0. The largest absolute Gasteiger partial charge is 0.287 e. The van der Waals surface area contributed by atoms with Gasteiger partial charge in [-0.25, -0.2) is 0 Å². The van der Waals surface area contributed by atoms with Crippen LogP contribution < -0.4 is 0 Å². The lowest BCUT2D eigenvalue weighted by atomic mass is 9.96. The minimum absolute atomic E-state index is 0.0888. The molecule has 0 fully saturated rings. The monoisotopic (exact) mass is 1320 g/mol. The van der Waals surface area contributed by atoms with Crippen LogP contribution in [0.25, 0.3) is 0 Å². The predicted molar refractivity (Wildman–Crippen MR) is 425 cm³/mol. The summed E-state index contributed by atoms with van der Waals surface area (Å²) in [6.45, 7) is 17.8. The van der Waals surface area contributed by atoms with Crippen molar-refractivity contribution < 1.29 is 4.79 Å². The molecule has 3 heteroatoms. The third kappa shape index (κ3) is 37.2. The number of carbonyl (C=O) groups is 1. The van der Waals surface area contributed by atoms with Gasteiger partial charge in [-0.1, -0.05) is 344 Å². The SMILES string of the molecule is CCCCCCCCCCCCc1cc(C#Cc2ccc(SC(C)=O)cc2)ccc1C#Cc1ccc(C#Cc2ccc(C#Cc3ccc(C#C[Si](C)(C)C)c(CCCCCCCCCCCC)c3)c(CCCCCCCCCCCC)c2)c(CCCCCCCCCCCC)c1. The molecule has 0 aliphatic heterocycles. The van der Waals surface area contributed by atoms with E-state index in [1.165, 1.54) is 284 Å². The third-order valence-electron chi connectivity index (χ3n) is 18.7. The molecule has 516 valence electrons. The van der Waals surface area contributed by atoms with Crippen LogP contribution in [0.3, 0.4) is 0 Å². The number of hydrogen-bond acceptors (Lipinski definition) is 2. The molecule has 0 saturated carbocycles. The van der Waals surface area contributed by atoms with Crippen LogP contribution in [0, 0.1) is 58.8 Å². The maximum Gasteiger partial charge on any atom is 0.190 e. The standard InChI is InChI=1S/C93H128OSSi/c1-9-13-17-21-25-29-33-37-41-45-49-89-75-81(54-53-80-62-71-93(72-63-80)95-79(5)94)55-64-85(89)65-56-82-57-66-86(90(76-82)50-46-42-38-34-30-26-22-18-14-10-2)67-58-83-59-68-87(91(77-83)51-47-43-39-35-31-27-23-19-15-11-3)69-60-84-61-70-88(73-74-96(6,7)8)92(78-84)52-48-44-40-36-32-28-24-20-16-12-4/h55,57,59,61-64,66,68,70-72,75-78H,9-52H2,1-8H3. The quantitative estimate of drug-likeness (QED) is 0.0167. The topological polar surface area (TPSA) is 17.1 Å². The Morgan fingerprint density at radius 1 is 0.281 bits per heavy atom. The molecule has 5 aromatic rings. The van der Waals surface area contributed by atoms with E-state index in [1.807, 2.05) is 24.3 Å². The van der Waals surface area contributed by atoms with Crippen LogP contribution in [0.2, 0.25) is 19.6 Å². The zero-order valence-electron chi connectivity index (χ0n) is 62.2. The van der Waals surface area contributed by atoms with Gasteiger partial charge in [-0.2, -0.15) is 0 Å². The normalized spacial score (nSPS) is 11.0. The highest BCUT2D eigenvalue weighted by Crippen LogP contribution is 2.25. The van der Waals surface area contributed by atoms with Crippen LogP contribution >= 0.6 is 11.8 Å². The fourth-order valence-corrected chi connectivity index (χ4v) is 13.9. The number of benzene rings is 5. The number of rotatable bonds is 45. The molecule has 0 aliphatic carbocycles. The second-order valence-corrected chi connectivity index (χ2v) is 34.8. The molecule has 0 unspecified atom stereocenters. The van der Waals surface area contributed by atoms with E-state index in [1.54, 1.807) is 6.92 Å². The van der Waals surface area contributed by atoms with Gasteiger partial charge in [0.05, 0.1) is 0 Å². The first-order valence-electron chi connectivity index (χ1n) is 39.4. The Labute approximate surface area is 595 Å². The molecule has 5 rings (SSSR count). The molecule has 0 spiro atoms. The summed E-state index contributed by atoms with van der Waals surface area (Å²) < 4.78 is 0. The molecule has 0 aromatic heterocycles. The predicted octanol–water partition coefficient (Wildman–Crippen LogP) is 27.0. The summed E-state index contributed by atoms with van der Waals surface area (Å²) in [4.78, 5) is 12.6. The molecule has 0 N–H and O–H groups in total. The molecule has 0 aliphatic rings. The Morgan fingerprint density at radius 3 is 0.750 bits per heavy atom. The van der Waals surface area contributed by atoms with E-state index in [0.29, 0.717) is 0 Å². The molecular weight excluding hydrogens is 1190 g/mol. The third-order valence-corrected chi connectivity index (χ3v) is 20.4. The number of hydrogen-bond donors (Lipinski definition) is 0. The lowest BCUT2D eigenvalue weighted by Crippen LogP contribution is -2.16.